The van der Waals surface area contributed by atoms with Gasteiger partial charge in [0, 0.05) is 6.54 Å². The zero-order valence-corrected chi connectivity index (χ0v) is 12.0. The maximum absolute atomic E-state index is 11.2. The second kappa shape index (κ2) is 5.77. The minimum Gasteiger partial charge on any atom is -0.397 e. The van der Waals surface area contributed by atoms with Crippen LogP contribution in [0.1, 0.15) is 26.7 Å². The van der Waals surface area contributed by atoms with E-state index in [1.165, 1.54) is 18.2 Å². The monoisotopic (exact) mass is 287 g/mol. The van der Waals surface area contributed by atoms with Crippen molar-refractivity contribution in [3.63, 3.8) is 0 Å². The second-order valence-electron chi connectivity index (χ2n) is 4.89. The first kappa shape index (κ1) is 15.7. The zero-order chi connectivity index (χ0) is 14.7. The van der Waals surface area contributed by atoms with Crippen molar-refractivity contribution >= 4 is 21.4 Å². The van der Waals surface area contributed by atoms with E-state index in [0.29, 0.717) is 18.7 Å². The van der Waals surface area contributed by atoms with Crippen molar-refractivity contribution in [1.29, 1.82) is 0 Å². The van der Waals surface area contributed by atoms with Crippen LogP contribution in [0.25, 0.3) is 0 Å². The van der Waals surface area contributed by atoms with Gasteiger partial charge >= 0.3 is 0 Å². The van der Waals surface area contributed by atoms with Crippen molar-refractivity contribution in [3.05, 3.63) is 18.2 Å². The largest absolute Gasteiger partial charge is 0.397 e. The number of anilines is 2. The van der Waals surface area contributed by atoms with E-state index in [0.717, 1.165) is 6.42 Å². The van der Waals surface area contributed by atoms with Gasteiger partial charge in [0.1, 0.15) is 0 Å². The Hall–Kier alpha value is -1.31. The molecule has 0 aliphatic carbocycles. The number of hydrogen-bond donors (Lipinski definition) is 4. The van der Waals surface area contributed by atoms with Gasteiger partial charge in [0.05, 0.1) is 21.9 Å². The summed E-state index contributed by atoms with van der Waals surface area (Å²) in [6.45, 7) is 4.06. The van der Waals surface area contributed by atoms with Crippen LogP contribution in [0.3, 0.4) is 0 Å². The Morgan fingerprint density at radius 2 is 2.05 bits per heavy atom. The molecule has 0 aromatic heterocycles. The van der Waals surface area contributed by atoms with Crippen LogP contribution in [0.15, 0.2) is 23.1 Å². The first-order chi connectivity index (χ1) is 8.65. The van der Waals surface area contributed by atoms with Crippen LogP contribution in [0.2, 0.25) is 0 Å². The average Bonchev–Trinajstić information content (AvgIpc) is 2.26. The van der Waals surface area contributed by atoms with Crippen LogP contribution in [-0.2, 0) is 10.0 Å². The average molecular weight is 287 g/mol. The number of nitrogens with two attached hydrogens (primary N) is 2. The summed E-state index contributed by atoms with van der Waals surface area (Å²) in [5.41, 5.74) is 5.77. The van der Waals surface area contributed by atoms with Crippen molar-refractivity contribution in [3.8, 4) is 0 Å². The number of rotatable bonds is 6. The maximum atomic E-state index is 11.2. The summed E-state index contributed by atoms with van der Waals surface area (Å²) in [5, 5.41) is 18.1. The molecule has 0 aliphatic heterocycles. The van der Waals surface area contributed by atoms with E-state index in [1.807, 2.05) is 6.92 Å². The summed E-state index contributed by atoms with van der Waals surface area (Å²) in [4.78, 5) is -0.0316. The quantitative estimate of drug-likeness (QED) is 0.579. The van der Waals surface area contributed by atoms with E-state index in [2.05, 4.69) is 5.32 Å². The molecule has 6 N–H and O–H groups in total. The van der Waals surface area contributed by atoms with E-state index < -0.39 is 15.6 Å². The predicted octanol–water partition coefficient (Wildman–Crippen LogP) is 0.879. The van der Waals surface area contributed by atoms with Gasteiger partial charge in [-0.25, -0.2) is 13.6 Å². The van der Waals surface area contributed by atoms with Gasteiger partial charge in [-0.1, -0.05) is 13.3 Å². The van der Waals surface area contributed by atoms with Gasteiger partial charge in [0.15, 0.2) is 0 Å². The molecule has 0 saturated heterocycles. The fraction of sp³-hybridized carbons (Fsp3) is 0.500. The number of benzene rings is 1. The third-order valence-electron chi connectivity index (χ3n) is 2.80. The van der Waals surface area contributed by atoms with Gasteiger partial charge in [0.2, 0.25) is 10.0 Å². The molecule has 7 heteroatoms. The zero-order valence-electron chi connectivity index (χ0n) is 11.2. The second-order valence-corrected chi connectivity index (χ2v) is 6.46. The number of nitrogens with one attached hydrogen (secondary N) is 1. The summed E-state index contributed by atoms with van der Waals surface area (Å²) in [7, 11) is -3.75. The highest BCUT2D eigenvalue weighted by Crippen LogP contribution is 2.23. The predicted molar refractivity (Wildman–Crippen MR) is 76.2 cm³/mol. The summed E-state index contributed by atoms with van der Waals surface area (Å²) in [6.07, 6.45) is 1.53. The molecule has 0 heterocycles. The van der Waals surface area contributed by atoms with Gasteiger partial charge < -0.3 is 16.2 Å². The fourth-order valence-electron chi connectivity index (χ4n) is 1.79. The molecule has 1 aromatic carbocycles. The lowest BCUT2D eigenvalue weighted by atomic mass is 10.0. The summed E-state index contributed by atoms with van der Waals surface area (Å²) in [6, 6.07) is 4.21. The smallest absolute Gasteiger partial charge is 0.238 e. The highest BCUT2D eigenvalue weighted by atomic mass is 32.2. The lowest BCUT2D eigenvalue weighted by Gasteiger charge is -2.24. The van der Waals surface area contributed by atoms with E-state index >= 15 is 0 Å². The molecule has 0 bridgehead atoms. The summed E-state index contributed by atoms with van der Waals surface area (Å²) in [5.74, 6) is 0. The number of nitrogen functional groups attached to an aromatic ring is 1. The van der Waals surface area contributed by atoms with Crippen LogP contribution >= 0.6 is 0 Å². The molecule has 0 aliphatic rings. The lowest BCUT2D eigenvalue weighted by molar-refractivity contribution is 0.0637. The first-order valence-corrected chi connectivity index (χ1v) is 7.59. The van der Waals surface area contributed by atoms with Crippen molar-refractivity contribution in [1.82, 2.24) is 0 Å². The lowest BCUT2D eigenvalue weighted by Crippen LogP contribution is -2.33. The highest BCUT2D eigenvalue weighted by molar-refractivity contribution is 7.89. The molecular formula is C12H21N3O3S. The van der Waals surface area contributed by atoms with Crippen LogP contribution in [0.4, 0.5) is 11.4 Å². The minimum absolute atomic E-state index is 0.0316. The normalized spacial score (nSPS) is 14.9. The van der Waals surface area contributed by atoms with Crippen LogP contribution in [-0.4, -0.2) is 25.7 Å². The Kier molecular flexibility index (Phi) is 4.78. The van der Waals surface area contributed by atoms with E-state index in [1.54, 1.807) is 6.92 Å². The molecule has 6 nitrogen and oxygen atoms in total. The molecule has 0 saturated carbocycles. The topological polar surface area (TPSA) is 118 Å². The van der Waals surface area contributed by atoms with Crippen LogP contribution in [0.5, 0.6) is 0 Å². The molecule has 0 radical (unpaired) electrons. The van der Waals surface area contributed by atoms with Crippen molar-refractivity contribution in [2.75, 3.05) is 17.6 Å². The van der Waals surface area contributed by atoms with Gasteiger partial charge in [-0.15, -0.1) is 0 Å². The van der Waals surface area contributed by atoms with Crippen molar-refractivity contribution in [2.24, 2.45) is 5.14 Å². The van der Waals surface area contributed by atoms with E-state index in [9.17, 15) is 13.5 Å². The van der Waals surface area contributed by atoms with Gasteiger partial charge in [-0.2, -0.15) is 0 Å². The highest BCUT2D eigenvalue weighted by Gasteiger charge is 2.19. The Morgan fingerprint density at radius 1 is 1.42 bits per heavy atom. The Labute approximate surface area is 113 Å². The van der Waals surface area contributed by atoms with Crippen LogP contribution < -0.4 is 16.2 Å². The maximum Gasteiger partial charge on any atom is 0.238 e. The number of primary sulfonamides is 1. The molecule has 0 amide bonds. The van der Waals surface area contributed by atoms with E-state index in [4.69, 9.17) is 10.9 Å². The summed E-state index contributed by atoms with van der Waals surface area (Å²) < 4.78 is 22.3. The summed E-state index contributed by atoms with van der Waals surface area (Å²) >= 11 is 0. The molecule has 19 heavy (non-hydrogen) atoms. The number of hydrogen-bond acceptors (Lipinski definition) is 5. The standard InChI is InChI=1S/C12H21N3O3S/c1-3-6-12(2,16)8-15-11-5-4-9(7-10(11)13)19(14,17)18/h4-5,7,15-16H,3,6,8,13H2,1-2H3,(H2,14,17,18). The van der Waals surface area contributed by atoms with Gasteiger partial charge in [-0.05, 0) is 31.5 Å². The number of sulfonamides is 1. The fourth-order valence-corrected chi connectivity index (χ4v) is 2.34. The molecule has 108 valence electrons. The Morgan fingerprint density at radius 3 is 2.53 bits per heavy atom. The molecule has 0 spiro atoms. The molecule has 1 unspecified atom stereocenters. The SMILES string of the molecule is CCCC(C)(O)CNc1ccc(S(N)(=O)=O)cc1N. The Balaban J connectivity index is 2.82. The van der Waals surface area contributed by atoms with Gasteiger partial charge in [-0.3, -0.25) is 0 Å². The first-order valence-electron chi connectivity index (χ1n) is 6.04. The third-order valence-corrected chi connectivity index (χ3v) is 3.71. The minimum atomic E-state index is -3.75. The van der Waals surface area contributed by atoms with E-state index in [-0.39, 0.29) is 10.6 Å². The third kappa shape index (κ3) is 4.70. The molecule has 1 atom stereocenters. The molecule has 0 fully saturated rings. The number of aliphatic hydroxyl groups is 1. The molecule has 1 rings (SSSR count). The van der Waals surface area contributed by atoms with Crippen molar-refractivity contribution < 1.29 is 13.5 Å². The Bertz CT molecular complexity index is 541. The molecular weight excluding hydrogens is 266 g/mol. The van der Waals surface area contributed by atoms with Gasteiger partial charge in [0.25, 0.3) is 0 Å². The molecule has 1 aromatic rings. The van der Waals surface area contributed by atoms with Crippen LogP contribution in [0, 0.1) is 0 Å². The van der Waals surface area contributed by atoms with Crippen molar-refractivity contribution in [2.45, 2.75) is 37.2 Å².